The van der Waals surface area contributed by atoms with Crippen LogP contribution in [0.15, 0.2) is 5.38 Å². The third-order valence-electron chi connectivity index (χ3n) is 4.09. The fourth-order valence-corrected chi connectivity index (χ4v) is 3.87. The molecule has 1 saturated carbocycles. The zero-order chi connectivity index (χ0) is 14.0. The van der Waals surface area contributed by atoms with Gasteiger partial charge in [-0.15, -0.1) is 11.3 Å². The third kappa shape index (κ3) is 3.56. The highest BCUT2D eigenvalue weighted by Gasteiger charge is 2.29. The summed E-state index contributed by atoms with van der Waals surface area (Å²) in [6.45, 7) is 8.44. The third-order valence-corrected chi connectivity index (χ3v) is 5.41. The molecule has 4 heteroatoms. The SMILES string of the molecule is CN(Cc1csc(C(C)(C)C)n1)C1CCCC1CN. The van der Waals surface area contributed by atoms with Crippen molar-refractivity contribution in [1.29, 1.82) is 0 Å². The van der Waals surface area contributed by atoms with Crippen molar-refractivity contribution in [2.75, 3.05) is 13.6 Å². The fourth-order valence-electron chi connectivity index (χ4n) is 2.97. The standard InChI is InChI=1S/C15H27N3S/c1-15(2,3)14-17-12(10-19-14)9-18(4)13-7-5-6-11(13)8-16/h10-11,13H,5-9,16H2,1-4H3. The van der Waals surface area contributed by atoms with Crippen LogP contribution in [0.4, 0.5) is 0 Å². The Labute approximate surface area is 121 Å². The topological polar surface area (TPSA) is 42.2 Å². The first-order valence-corrected chi connectivity index (χ1v) is 8.15. The summed E-state index contributed by atoms with van der Waals surface area (Å²) in [7, 11) is 2.22. The van der Waals surface area contributed by atoms with Crippen LogP contribution in [0.25, 0.3) is 0 Å². The lowest BCUT2D eigenvalue weighted by Gasteiger charge is -2.28. The Morgan fingerprint density at radius 2 is 2.16 bits per heavy atom. The van der Waals surface area contributed by atoms with Gasteiger partial charge in [0.2, 0.25) is 0 Å². The van der Waals surface area contributed by atoms with E-state index in [4.69, 9.17) is 10.7 Å². The number of thiazole rings is 1. The minimum absolute atomic E-state index is 0.161. The Morgan fingerprint density at radius 1 is 1.42 bits per heavy atom. The van der Waals surface area contributed by atoms with Gasteiger partial charge in [0.05, 0.1) is 10.7 Å². The Balaban J connectivity index is 1.99. The lowest BCUT2D eigenvalue weighted by molar-refractivity contribution is 0.191. The average Bonchev–Trinajstić information content (AvgIpc) is 2.95. The van der Waals surface area contributed by atoms with Gasteiger partial charge in [-0.2, -0.15) is 0 Å². The van der Waals surface area contributed by atoms with Crippen LogP contribution in [-0.2, 0) is 12.0 Å². The number of nitrogens with zero attached hydrogens (tertiary/aromatic N) is 2. The predicted octanol–water partition coefficient (Wildman–Crippen LogP) is 3.00. The van der Waals surface area contributed by atoms with Crippen LogP contribution in [0.5, 0.6) is 0 Å². The first-order chi connectivity index (χ1) is 8.91. The van der Waals surface area contributed by atoms with E-state index >= 15 is 0 Å². The van der Waals surface area contributed by atoms with Gasteiger partial charge in [-0.25, -0.2) is 4.98 Å². The minimum Gasteiger partial charge on any atom is -0.330 e. The summed E-state index contributed by atoms with van der Waals surface area (Å²) in [6.07, 6.45) is 3.89. The van der Waals surface area contributed by atoms with Gasteiger partial charge >= 0.3 is 0 Å². The molecule has 1 aromatic rings. The maximum Gasteiger partial charge on any atom is 0.0982 e. The van der Waals surface area contributed by atoms with Crippen LogP contribution < -0.4 is 5.73 Å². The molecule has 0 saturated heterocycles. The molecule has 2 atom stereocenters. The fraction of sp³-hybridized carbons (Fsp3) is 0.800. The molecule has 0 spiro atoms. The molecule has 1 aliphatic carbocycles. The van der Waals surface area contributed by atoms with Gasteiger partial charge in [0.1, 0.15) is 0 Å². The van der Waals surface area contributed by atoms with E-state index in [-0.39, 0.29) is 5.41 Å². The van der Waals surface area contributed by atoms with Crippen LogP contribution >= 0.6 is 11.3 Å². The van der Waals surface area contributed by atoms with Crippen LogP contribution in [0.1, 0.15) is 50.7 Å². The molecule has 19 heavy (non-hydrogen) atoms. The van der Waals surface area contributed by atoms with E-state index in [1.165, 1.54) is 30.0 Å². The molecule has 1 heterocycles. The van der Waals surface area contributed by atoms with E-state index in [9.17, 15) is 0 Å². The van der Waals surface area contributed by atoms with Crippen molar-refractivity contribution in [2.45, 2.75) is 58.0 Å². The Morgan fingerprint density at radius 3 is 2.74 bits per heavy atom. The molecule has 1 aromatic heterocycles. The van der Waals surface area contributed by atoms with E-state index in [0.29, 0.717) is 12.0 Å². The molecule has 0 aromatic carbocycles. The summed E-state index contributed by atoms with van der Waals surface area (Å²) in [6, 6.07) is 0.643. The van der Waals surface area contributed by atoms with Crippen molar-refractivity contribution in [3.8, 4) is 0 Å². The van der Waals surface area contributed by atoms with Gasteiger partial charge in [-0.05, 0) is 32.4 Å². The Hall–Kier alpha value is -0.450. The second kappa shape index (κ2) is 5.90. The molecule has 1 fully saturated rings. The highest BCUT2D eigenvalue weighted by atomic mass is 32.1. The van der Waals surface area contributed by atoms with Gasteiger partial charge in [0, 0.05) is 23.4 Å². The number of nitrogens with two attached hydrogens (primary N) is 1. The van der Waals surface area contributed by atoms with E-state index < -0.39 is 0 Å². The lowest BCUT2D eigenvalue weighted by Crippen LogP contribution is -2.37. The second-order valence-corrected chi connectivity index (χ2v) is 7.66. The molecule has 1 aliphatic rings. The zero-order valence-corrected chi connectivity index (χ0v) is 13.5. The molecule has 0 bridgehead atoms. The maximum atomic E-state index is 5.88. The monoisotopic (exact) mass is 281 g/mol. The molecular formula is C15H27N3S. The van der Waals surface area contributed by atoms with Crippen molar-refractivity contribution in [3.05, 3.63) is 16.1 Å². The van der Waals surface area contributed by atoms with Gasteiger partial charge in [-0.3, -0.25) is 4.90 Å². The van der Waals surface area contributed by atoms with Gasteiger partial charge in [0.25, 0.3) is 0 Å². The van der Waals surface area contributed by atoms with E-state index in [0.717, 1.165) is 13.1 Å². The number of rotatable bonds is 4. The van der Waals surface area contributed by atoms with E-state index in [1.54, 1.807) is 11.3 Å². The highest BCUT2D eigenvalue weighted by molar-refractivity contribution is 7.09. The first kappa shape index (κ1) is 14.9. The first-order valence-electron chi connectivity index (χ1n) is 7.27. The van der Waals surface area contributed by atoms with Crippen molar-refractivity contribution in [2.24, 2.45) is 11.7 Å². The normalized spacial score (nSPS) is 24.3. The second-order valence-electron chi connectivity index (χ2n) is 6.80. The van der Waals surface area contributed by atoms with Gasteiger partial charge < -0.3 is 5.73 Å². The lowest BCUT2D eigenvalue weighted by atomic mass is 9.98. The van der Waals surface area contributed by atoms with Crippen LogP contribution in [0.2, 0.25) is 0 Å². The van der Waals surface area contributed by atoms with Crippen molar-refractivity contribution in [3.63, 3.8) is 0 Å². The number of hydrogen-bond donors (Lipinski definition) is 1. The molecular weight excluding hydrogens is 254 g/mol. The smallest absolute Gasteiger partial charge is 0.0982 e. The summed E-state index contributed by atoms with van der Waals surface area (Å²) in [4.78, 5) is 7.24. The largest absolute Gasteiger partial charge is 0.330 e. The van der Waals surface area contributed by atoms with Crippen LogP contribution in [-0.4, -0.2) is 29.5 Å². The van der Waals surface area contributed by atoms with E-state index in [1.807, 2.05) is 0 Å². The molecule has 3 nitrogen and oxygen atoms in total. The van der Waals surface area contributed by atoms with Crippen molar-refractivity contribution < 1.29 is 0 Å². The van der Waals surface area contributed by atoms with Gasteiger partial charge in [-0.1, -0.05) is 27.2 Å². The predicted molar refractivity (Wildman–Crippen MR) is 82.5 cm³/mol. The number of aromatic nitrogens is 1. The van der Waals surface area contributed by atoms with Gasteiger partial charge in [0.15, 0.2) is 0 Å². The van der Waals surface area contributed by atoms with Crippen molar-refractivity contribution in [1.82, 2.24) is 9.88 Å². The molecule has 2 rings (SSSR count). The quantitative estimate of drug-likeness (QED) is 0.922. The summed E-state index contributed by atoms with van der Waals surface area (Å²) in [5, 5.41) is 3.45. The van der Waals surface area contributed by atoms with E-state index in [2.05, 4.69) is 38.1 Å². The number of hydrogen-bond acceptors (Lipinski definition) is 4. The Bertz CT molecular complexity index is 408. The zero-order valence-electron chi connectivity index (χ0n) is 12.6. The maximum absolute atomic E-state index is 5.88. The molecule has 0 amide bonds. The highest BCUT2D eigenvalue weighted by Crippen LogP contribution is 2.30. The molecule has 2 N–H and O–H groups in total. The van der Waals surface area contributed by atoms with Crippen LogP contribution in [0, 0.1) is 5.92 Å². The average molecular weight is 281 g/mol. The van der Waals surface area contributed by atoms with Crippen LogP contribution in [0.3, 0.4) is 0 Å². The summed E-state index contributed by atoms with van der Waals surface area (Å²) < 4.78 is 0. The molecule has 0 radical (unpaired) electrons. The molecule has 0 aliphatic heterocycles. The summed E-state index contributed by atoms with van der Waals surface area (Å²) >= 11 is 1.79. The molecule has 108 valence electrons. The summed E-state index contributed by atoms with van der Waals surface area (Å²) in [5.41, 5.74) is 7.25. The summed E-state index contributed by atoms with van der Waals surface area (Å²) in [5.74, 6) is 0.672. The van der Waals surface area contributed by atoms with Crippen molar-refractivity contribution >= 4 is 11.3 Å². The Kier molecular flexibility index (Phi) is 4.64. The minimum atomic E-state index is 0.161. The molecule has 2 unspecified atom stereocenters.